The van der Waals surface area contributed by atoms with E-state index in [2.05, 4.69) is 275 Å². The zero-order valence-corrected chi connectivity index (χ0v) is 49.0. The Morgan fingerprint density at radius 3 is 1.83 bits per heavy atom. The Morgan fingerprint density at radius 1 is 0.415 bits per heavy atom. The average Bonchev–Trinajstić information content (AvgIpc) is 1.84. The maximum Gasteiger partial charge on any atom is 0.264 e. The summed E-state index contributed by atoms with van der Waals surface area (Å²) in [5.41, 5.74) is 23.4. The lowest BCUT2D eigenvalue weighted by Gasteiger charge is -2.44. The second-order valence-electron chi connectivity index (χ2n) is 27.0. The molecule has 4 aliphatic rings. The number of anilines is 6. The Kier molecular flexibility index (Phi) is 9.84. The van der Waals surface area contributed by atoms with Crippen molar-refractivity contribution in [3.8, 4) is 11.4 Å². The van der Waals surface area contributed by atoms with Crippen molar-refractivity contribution in [3.63, 3.8) is 0 Å². The molecule has 13 aromatic rings. The highest BCUT2D eigenvalue weighted by atomic mass is 32.1. The van der Waals surface area contributed by atoms with Crippen LogP contribution in [0.2, 0.25) is 0 Å². The van der Waals surface area contributed by atoms with Gasteiger partial charge in [0.15, 0.2) is 0 Å². The third kappa shape index (κ3) is 6.62. The molecule has 0 N–H and O–H groups in total. The molecular weight excluding hydrogens is 1010 g/mol. The first kappa shape index (κ1) is 48.4. The first-order valence-corrected chi connectivity index (χ1v) is 30.6. The lowest BCUT2D eigenvalue weighted by atomic mass is 9.36. The van der Waals surface area contributed by atoms with Crippen molar-refractivity contribution >= 4 is 132 Å². The minimum atomic E-state index is -0.0319. The Labute approximate surface area is 485 Å². The number of hydrogen-bond acceptors (Lipinski definition) is 3. The van der Waals surface area contributed by atoms with Gasteiger partial charge in [0.25, 0.3) is 6.71 Å². The van der Waals surface area contributed by atoms with E-state index in [9.17, 15) is 0 Å². The van der Waals surface area contributed by atoms with Gasteiger partial charge in [-0.3, -0.25) is 0 Å². The van der Waals surface area contributed by atoms with E-state index >= 15 is 0 Å². The van der Waals surface area contributed by atoms with Crippen LogP contribution in [0.1, 0.15) is 103 Å². The van der Waals surface area contributed by atoms with Gasteiger partial charge < -0.3 is 18.9 Å². The normalized spacial score (nSPS) is 16.9. The van der Waals surface area contributed by atoms with Crippen LogP contribution < -0.4 is 25.5 Å². The van der Waals surface area contributed by atoms with Crippen molar-refractivity contribution in [1.29, 1.82) is 0 Å². The smallest absolute Gasteiger partial charge is 0.264 e. The molecule has 0 bridgehead atoms. The van der Waals surface area contributed by atoms with Crippen LogP contribution >= 0.6 is 11.3 Å². The Morgan fingerprint density at radius 2 is 1.06 bits per heavy atom. The highest BCUT2D eigenvalue weighted by Gasteiger charge is 2.47. The third-order valence-electron chi connectivity index (χ3n) is 20.3. The van der Waals surface area contributed by atoms with E-state index < -0.39 is 0 Å². The summed E-state index contributed by atoms with van der Waals surface area (Å²) >= 11 is 2.05. The van der Waals surface area contributed by atoms with E-state index in [4.69, 9.17) is 0 Å². The molecule has 4 nitrogen and oxygen atoms in total. The lowest BCUT2D eigenvalue weighted by Crippen LogP contribution is -2.59. The van der Waals surface area contributed by atoms with Crippen LogP contribution in [0.5, 0.6) is 0 Å². The molecule has 398 valence electrons. The first-order chi connectivity index (χ1) is 39.6. The molecule has 2 aliphatic heterocycles. The maximum absolute atomic E-state index is 2.75. The molecule has 6 heteroatoms. The summed E-state index contributed by atoms with van der Waals surface area (Å²) < 4.78 is 8.02. The highest BCUT2D eigenvalue weighted by molar-refractivity contribution is 7.33. The molecule has 82 heavy (non-hydrogen) atoms. The van der Waals surface area contributed by atoms with E-state index in [0.29, 0.717) is 0 Å². The van der Waals surface area contributed by atoms with Gasteiger partial charge in [0, 0.05) is 76.0 Å². The fourth-order valence-corrected chi connectivity index (χ4v) is 17.2. The van der Waals surface area contributed by atoms with Crippen LogP contribution in [-0.4, -0.2) is 15.8 Å². The fraction of sp³-hybridized carbons (Fsp3) is 0.211. The highest BCUT2D eigenvalue weighted by Crippen LogP contribution is 2.55. The molecule has 0 unspecified atom stereocenters. The molecule has 0 saturated heterocycles. The van der Waals surface area contributed by atoms with Gasteiger partial charge in [0.05, 0.1) is 27.9 Å². The Hall–Kier alpha value is -8.32. The van der Waals surface area contributed by atoms with Crippen molar-refractivity contribution in [1.82, 2.24) is 9.13 Å². The SMILES string of the molecule is CC1(C)CCC(C)(C)c2cc(N3c4cc(N(c5ccccc5)c5ccc6ccccc6c5)cc5c4B(c4sc6cc7c(cc6c43)C(C)(C)CCC7(C)C)c3cccc4c6c(ccc7c8ccccc8n(-c8ccccc8)c76)n-5c34)ccc21. The fourth-order valence-electron chi connectivity index (χ4n) is 15.8. The average molecular weight is 1080 g/mol. The number of para-hydroxylation sites is 4. The predicted octanol–water partition coefficient (Wildman–Crippen LogP) is 19.0. The van der Waals surface area contributed by atoms with Crippen molar-refractivity contribution in [2.45, 2.75) is 103 Å². The standard InChI is InChI=1S/C76H65BN4S/c1-73(2)36-37-74(3,4)58-41-51(32-34-57(58)73)80-64-42-52(78(48-22-11-9-12-23-48)50-31-30-46-20-15-16-21-47(46)40-50)43-65-68(64)77(72-71(80)56-44-59-60(45-66(56)82-72)76(7,8)39-38-75(59,5)6)61-28-19-27-55-67-63(81(65)69(55)61)35-33-54-53-26-17-18-29-62(53)79(70(54)67)49-24-13-10-14-25-49/h9-35,40-45H,36-39H2,1-8H3. The van der Waals surface area contributed by atoms with Crippen LogP contribution in [-0.2, 0) is 21.7 Å². The van der Waals surface area contributed by atoms with E-state index in [0.717, 1.165) is 29.9 Å². The van der Waals surface area contributed by atoms with E-state index in [1.54, 1.807) is 0 Å². The second kappa shape index (κ2) is 16.7. The summed E-state index contributed by atoms with van der Waals surface area (Å²) in [6.45, 7) is 19.8. The van der Waals surface area contributed by atoms with Gasteiger partial charge in [0.2, 0.25) is 0 Å². The van der Waals surface area contributed by atoms with Gasteiger partial charge in [-0.25, -0.2) is 0 Å². The second-order valence-corrected chi connectivity index (χ2v) is 28.0. The molecule has 5 heterocycles. The lowest BCUT2D eigenvalue weighted by molar-refractivity contribution is 0.332. The van der Waals surface area contributed by atoms with Gasteiger partial charge >= 0.3 is 0 Å². The molecular formula is C76H65BN4S. The zero-order valence-electron chi connectivity index (χ0n) is 48.2. The number of rotatable bonds is 5. The van der Waals surface area contributed by atoms with Crippen LogP contribution in [0.25, 0.3) is 75.8 Å². The minimum Gasteiger partial charge on any atom is -0.310 e. The van der Waals surface area contributed by atoms with Crippen LogP contribution in [0.4, 0.5) is 34.1 Å². The predicted molar refractivity (Wildman–Crippen MR) is 353 cm³/mol. The van der Waals surface area contributed by atoms with Crippen molar-refractivity contribution in [3.05, 3.63) is 222 Å². The topological polar surface area (TPSA) is 16.3 Å². The molecule has 3 aromatic heterocycles. The minimum absolute atomic E-state index is 0.0109. The van der Waals surface area contributed by atoms with Crippen molar-refractivity contribution in [2.24, 2.45) is 0 Å². The third-order valence-corrected chi connectivity index (χ3v) is 21.5. The molecule has 2 aliphatic carbocycles. The molecule has 0 amide bonds. The molecule has 17 rings (SSSR count). The van der Waals surface area contributed by atoms with Gasteiger partial charge in [-0.1, -0.05) is 171 Å². The number of thiophene rings is 1. The van der Waals surface area contributed by atoms with Crippen LogP contribution in [0.15, 0.2) is 200 Å². The number of benzene rings is 10. The summed E-state index contributed by atoms with van der Waals surface area (Å²) in [5, 5.41) is 8.91. The first-order valence-electron chi connectivity index (χ1n) is 29.8. The van der Waals surface area contributed by atoms with E-state index in [1.807, 2.05) is 11.3 Å². The van der Waals surface area contributed by atoms with Gasteiger partial charge in [-0.05, 0) is 176 Å². The summed E-state index contributed by atoms with van der Waals surface area (Å²) in [4.78, 5) is 5.27. The summed E-state index contributed by atoms with van der Waals surface area (Å²) in [7, 11) is 0. The molecule has 0 fully saturated rings. The van der Waals surface area contributed by atoms with E-state index in [1.165, 1.54) is 144 Å². The maximum atomic E-state index is 2.75. The number of aromatic nitrogens is 2. The van der Waals surface area contributed by atoms with Crippen LogP contribution in [0, 0.1) is 0 Å². The van der Waals surface area contributed by atoms with E-state index in [-0.39, 0.29) is 28.4 Å². The zero-order chi connectivity index (χ0) is 55.3. The quantitative estimate of drug-likeness (QED) is 0.160. The van der Waals surface area contributed by atoms with Gasteiger partial charge in [0.1, 0.15) is 0 Å². The summed E-state index contributed by atoms with van der Waals surface area (Å²) in [6.07, 6.45) is 4.66. The van der Waals surface area contributed by atoms with Crippen molar-refractivity contribution in [2.75, 3.05) is 9.80 Å². The van der Waals surface area contributed by atoms with Gasteiger partial charge in [-0.15, -0.1) is 11.3 Å². The van der Waals surface area contributed by atoms with Crippen molar-refractivity contribution < 1.29 is 0 Å². The van der Waals surface area contributed by atoms with Crippen LogP contribution in [0.3, 0.4) is 0 Å². The number of hydrogen-bond donors (Lipinski definition) is 0. The Balaban J connectivity index is 1.06. The van der Waals surface area contributed by atoms with Gasteiger partial charge in [-0.2, -0.15) is 0 Å². The molecule has 0 saturated carbocycles. The monoisotopic (exact) mass is 1080 g/mol. The summed E-state index contributed by atoms with van der Waals surface area (Å²) in [5.74, 6) is 0. The largest absolute Gasteiger partial charge is 0.310 e. The number of fused-ring (bicyclic) bond motifs is 16. The molecule has 0 atom stereocenters. The molecule has 10 aromatic carbocycles. The number of nitrogens with zero attached hydrogens (tertiary/aromatic N) is 4. The Bertz CT molecular complexity index is 4900. The molecule has 0 spiro atoms. The summed E-state index contributed by atoms with van der Waals surface area (Å²) in [6, 6.07) is 77.0. The molecule has 0 radical (unpaired) electrons.